The van der Waals surface area contributed by atoms with Crippen LogP contribution in [-0.2, 0) is 20.9 Å². The van der Waals surface area contributed by atoms with Crippen molar-refractivity contribution in [3.05, 3.63) is 47.7 Å². The SMILES string of the molecule is CNc1cc(C2CC(=O)N(c3ccc(F)cc3)C2)nc(CN(C)C(=O)C(C)(C)OC)n1. The maximum atomic E-state index is 13.2. The first-order chi connectivity index (χ1) is 14.6. The van der Waals surface area contributed by atoms with E-state index >= 15 is 0 Å². The third-order valence-electron chi connectivity index (χ3n) is 5.48. The molecule has 2 heterocycles. The number of anilines is 2. The second-order valence-corrected chi connectivity index (χ2v) is 8.10. The van der Waals surface area contributed by atoms with Gasteiger partial charge in [-0.15, -0.1) is 0 Å². The molecule has 1 aliphatic rings. The smallest absolute Gasteiger partial charge is 0.254 e. The molecule has 0 aliphatic carbocycles. The molecule has 1 aromatic carbocycles. The standard InChI is InChI=1S/C22H28FN5O3/c1-22(2,31-5)21(30)27(4)13-19-25-17(11-18(24-3)26-19)14-10-20(29)28(12-14)16-8-6-15(23)7-9-16/h6-9,11,14H,10,12-13H2,1-5H3,(H,24,25,26). The van der Waals surface area contributed by atoms with Gasteiger partial charge in [-0.1, -0.05) is 0 Å². The molecule has 1 N–H and O–H groups in total. The highest BCUT2D eigenvalue weighted by Crippen LogP contribution is 2.32. The van der Waals surface area contributed by atoms with Crippen LogP contribution < -0.4 is 10.2 Å². The first-order valence-electron chi connectivity index (χ1n) is 10.1. The lowest BCUT2D eigenvalue weighted by Crippen LogP contribution is -2.44. The minimum absolute atomic E-state index is 0.0445. The molecule has 0 bridgehead atoms. The second kappa shape index (κ2) is 8.97. The van der Waals surface area contributed by atoms with E-state index in [1.54, 1.807) is 45.0 Å². The van der Waals surface area contributed by atoms with Gasteiger partial charge in [-0.05, 0) is 38.1 Å². The molecule has 0 saturated carbocycles. The fraction of sp³-hybridized carbons (Fsp3) is 0.455. The normalized spacial score (nSPS) is 16.5. The molecule has 9 heteroatoms. The van der Waals surface area contributed by atoms with E-state index in [2.05, 4.69) is 15.3 Å². The summed E-state index contributed by atoms with van der Waals surface area (Å²) < 4.78 is 18.5. The maximum absolute atomic E-state index is 13.2. The highest BCUT2D eigenvalue weighted by atomic mass is 19.1. The summed E-state index contributed by atoms with van der Waals surface area (Å²) in [4.78, 5) is 37.5. The number of nitrogens with zero attached hydrogens (tertiary/aromatic N) is 4. The molecule has 8 nitrogen and oxygen atoms in total. The van der Waals surface area contributed by atoms with Gasteiger partial charge in [0.1, 0.15) is 23.1 Å². The van der Waals surface area contributed by atoms with Crippen LogP contribution in [-0.4, -0.2) is 60.0 Å². The number of benzene rings is 1. The number of nitrogens with one attached hydrogen (secondary N) is 1. The van der Waals surface area contributed by atoms with Crippen molar-refractivity contribution in [1.82, 2.24) is 14.9 Å². The van der Waals surface area contributed by atoms with E-state index in [0.717, 1.165) is 5.69 Å². The van der Waals surface area contributed by atoms with Crippen molar-refractivity contribution < 1.29 is 18.7 Å². The molecular weight excluding hydrogens is 401 g/mol. The van der Waals surface area contributed by atoms with Crippen LogP contribution >= 0.6 is 0 Å². The van der Waals surface area contributed by atoms with E-state index < -0.39 is 5.60 Å². The van der Waals surface area contributed by atoms with Crippen molar-refractivity contribution >= 4 is 23.3 Å². The molecule has 1 aliphatic heterocycles. The van der Waals surface area contributed by atoms with Crippen LogP contribution in [0.25, 0.3) is 0 Å². The number of likely N-dealkylation sites (N-methyl/N-ethyl adjacent to an activating group) is 1. The lowest BCUT2D eigenvalue weighted by Gasteiger charge is -2.27. The minimum Gasteiger partial charge on any atom is -0.373 e. The first-order valence-corrected chi connectivity index (χ1v) is 10.1. The quantitative estimate of drug-likeness (QED) is 0.728. The first kappa shape index (κ1) is 22.6. The summed E-state index contributed by atoms with van der Waals surface area (Å²) in [5.74, 6) is 0.367. The molecule has 1 unspecified atom stereocenters. The van der Waals surface area contributed by atoms with E-state index in [9.17, 15) is 14.0 Å². The monoisotopic (exact) mass is 429 g/mol. The predicted molar refractivity (Wildman–Crippen MR) is 115 cm³/mol. The fourth-order valence-electron chi connectivity index (χ4n) is 3.53. The highest BCUT2D eigenvalue weighted by Gasteiger charge is 2.34. The van der Waals surface area contributed by atoms with Gasteiger partial charge in [0.25, 0.3) is 5.91 Å². The molecule has 0 radical (unpaired) electrons. The van der Waals surface area contributed by atoms with Crippen molar-refractivity contribution in [2.24, 2.45) is 0 Å². The Morgan fingerprint density at radius 2 is 2.00 bits per heavy atom. The molecule has 2 amide bonds. The van der Waals surface area contributed by atoms with Gasteiger partial charge in [-0.3, -0.25) is 9.59 Å². The van der Waals surface area contributed by atoms with E-state index in [1.807, 2.05) is 6.07 Å². The zero-order chi connectivity index (χ0) is 22.8. The Hall–Kier alpha value is -3.07. The fourth-order valence-corrected chi connectivity index (χ4v) is 3.53. The van der Waals surface area contributed by atoms with Gasteiger partial charge in [0.05, 0.1) is 12.2 Å². The molecule has 166 valence electrons. The van der Waals surface area contributed by atoms with E-state index in [1.165, 1.54) is 24.1 Å². The predicted octanol–water partition coefficient (Wildman–Crippen LogP) is 2.56. The van der Waals surface area contributed by atoms with Crippen LogP contribution in [0.4, 0.5) is 15.9 Å². The summed E-state index contributed by atoms with van der Waals surface area (Å²) in [5, 5.41) is 3.02. The Morgan fingerprint density at radius 3 is 2.61 bits per heavy atom. The third-order valence-corrected chi connectivity index (χ3v) is 5.48. The summed E-state index contributed by atoms with van der Waals surface area (Å²) in [5.41, 5.74) is 0.425. The highest BCUT2D eigenvalue weighted by molar-refractivity contribution is 5.96. The van der Waals surface area contributed by atoms with Gasteiger partial charge in [0.2, 0.25) is 5.91 Å². The van der Waals surface area contributed by atoms with Crippen LogP contribution in [0.15, 0.2) is 30.3 Å². The summed E-state index contributed by atoms with van der Waals surface area (Å²) in [6, 6.07) is 7.69. The largest absolute Gasteiger partial charge is 0.373 e. The Kier molecular flexibility index (Phi) is 6.54. The molecule has 31 heavy (non-hydrogen) atoms. The van der Waals surface area contributed by atoms with Crippen molar-refractivity contribution in [1.29, 1.82) is 0 Å². The maximum Gasteiger partial charge on any atom is 0.254 e. The van der Waals surface area contributed by atoms with Crippen LogP contribution in [0.1, 0.15) is 37.7 Å². The lowest BCUT2D eigenvalue weighted by molar-refractivity contribution is -0.150. The average molecular weight is 429 g/mol. The summed E-state index contributed by atoms with van der Waals surface area (Å²) in [6.45, 7) is 4.05. The van der Waals surface area contributed by atoms with E-state index in [4.69, 9.17) is 4.74 Å². The van der Waals surface area contributed by atoms with Crippen LogP contribution in [0, 0.1) is 5.82 Å². The molecule has 3 rings (SSSR count). The zero-order valence-electron chi connectivity index (χ0n) is 18.5. The van der Waals surface area contributed by atoms with Gasteiger partial charge < -0.3 is 19.9 Å². The van der Waals surface area contributed by atoms with Gasteiger partial charge >= 0.3 is 0 Å². The topological polar surface area (TPSA) is 87.7 Å². The number of carbonyl (C=O) groups excluding carboxylic acids is 2. The van der Waals surface area contributed by atoms with Gasteiger partial charge in [-0.25, -0.2) is 14.4 Å². The number of carbonyl (C=O) groups is 2. The van der Waals surface area contributed by atoms with Crippen LogP contribution in [0.3, 0.4) is 0 Å². The minimum atomic E-state index is -0.953. The van der Waals surface area contributed by atoms with Crippen molar-refractivity contribution in [3.8, 4) is 0 Å². The molecule has 0 spiro atoms. The third kappa shape index (κ3) is 4.99. The van der Waals surface area contributed by atoms with Crippen LogP contribution in [0.2, 0.25) is 0 Å². The molecule has 1 aromatic heterocycles. The van der Waals surface area contributed by atoms with Crippen LogP contribution in [0.5, 0.6) is 0 Å². The number of hydrogen-bond acceptors (Lipinski definition) is 6. The number of halogens is 1. The Bertz CT molecular complexity index is 964. The number of rotatable bonds is 7. The van der Waals surface area contributed by atoms with Crippen molar-refractivity contribution in [3.63, 3.8) is 0 Å². The number of aromatic nitrogens is 2. The molecule has 2 aromatic rings. The zero-order valence-corrected chi connectivity index (χ0v) is 18.5. The number of hydrogen-bond donors (Lipinski definition) is 1. The summed E-state index contributed by atoms with van der Waals surface area (Å²) in [6.07, 6.45) is 0.294. The number of ether oxygens (including phenoxy) is 1. The van der Waals surface area contributed by atoms with Gasteiger partial charge in [-0.2, -0.15) is 0 Å². The van der Waals surface area contributed by atoms with Gasteiger partial charge in [0, 0.05) is 51.8 Å². The Balaban J connectivity index is 1.81. The number of methoxy groups -OCH3 is 1. The van der Waals surface area contributed by atoms with E-state index in [0.29, 0.717) is 30.3 Å². The molecular formula is C22H28FN5O3. The molecule has 1 saturated heterocycles. The summed E-state index contributed by atoms with van der Waals surface area (Å²) in [7, 11) is 4.92. The lowest BCUT2D eigenvalue weighted by atomic mass is 10.0. The molecule has 1 fully saturated rings. The van der Waals surface area contributed by atoms with E-state index in [-0.39, 0.29) is 30.1 Å². The van der Waals surface area contributed by atoms with Gasteiger partial charge in [0.15, 0.2) is 0 Å². The Labute approximate surface area is 181 Å². The average Bonchev–Trinajstić information content (AvgIpc) is 3.15. The number of amides is 2. The Morgan fingerprint density at radius 1 is 1.32 bits per heavy atom. The summed E-state index contributed by atoms with van der Waals surface area (Å²) >= 11 is 0. The second-order valence-electron chi connectivity index (χ2n) is 8.10. The van der Waals surface area contributed by atoms with Crippen molar-refractivity contribution in [2.75, 3.05) is 38.0 Å². The van der Waals surface area contributed by atoms with Crippen molar-refractivity contribution in [2.45, 2.75) is 38.3 Å². The molecule has 1 atom stereocenters.